The SMILES string of the molecule is CC(C)(C)P(CC1C=C(c2ccccc2)C=C1C(P)(C1CCCN1)C1CCCN1)C(C)(C)C. The van der Waals surface area contributed by atoms with Crippen LogP contribution in [0.1, 0.15) is 72.8 Å². The Morgan fingerprint density at radius 3 is 1.88 bits per heavy atom. The lowest BCUT2D eigenvalue weighted by Crippen LogP contribution is -2.56. The fourth-order valence-corrected chi connectivity index (χ4v) is 11.3. The Balaban J connectivity index is 1.78. The van der Waals surface area contributed by atoms with Crippen molar-refractivity contribution in [2.75, 3.05) is 19.3 Å². The van der Waals surface area contributed by atoms with Gasteiger partial charge in [0.2, 0.25) is 0 Å². The van der Waals surface area contributed by atoms with Gasteiger partial charge in [-0.25, -0.2) is 0 Å². The molecule has 0 amide bonds. The Hall–Kier alpha value is -0.520. The van der Waals surface area contributed by atoms with E-state index in [-0.39, 0.29) is 13.1 Å². The third kappa shape index (κ3) is 5.35. The molecule has 4 atom stereocenters. The minimum Gasteiger partial charge on any atom is -0.313 e. The highest BCUT2D eigenvalue weighted by Gasteiger charge is 2.50. The second-order valence-corrected chi connectivity index (χ2v) is 17.2. The van der Waals surface area contributed by atoms with Gasteiger partial charge in [0.15, 0.2) is 0 Å². The predicted octanol–water partition coefficient (Wildman–Crippen LogP) is 6.82. The number of hydrogen-bond acceptors (Lipinski definition) is 2. The monoisotopic (exact) mass is 484 g/mol. The minimum atomic E-state index is -0.175. The van der Waals surface area contributed by atoms with Crippen molar-refractivity contribution >= 4 is 22.7 Å². The highest BCUT2D eigenvalue weighted by molar-refractivity contribution is 7.60. The average molecular weight is 485 g/mol. The Kier molecular flexibility index (Phi) is 7.63. The van der Waals surface area contributed by atoms with Crippen LogP contribution in [0.15, 0.2) is 48.1 Å². The molecular formula is C29H46N2P2. The first-order valence-electron chi connectivity index (χ1n) is 13.0. The van der Waals surface area contributed by atoms with Crippen molar-refractivity contribution in [1.29, 1.82) is 0 Å². The Morgan fingerprint density at radius 1 is 0.879 bits per heavy atom. The summed E-state index contributed by atoms with van der Waals surface area (Å²) < 4.78 is 0. The smallest absolute Gasteiger partial charge is 0.0370 e. The Bertz CT molecular complexity index is 833. The maximum atomic E-state index is 3.92. The molecule has 0 bridgehead atoms. The van der Waals surface area contributed by atoms with Gasteiger partial charge in [-0.05, 0) is 72.0 Å². The van der Waals surface area contributed by atoms with Crippen LogP contribution in [-0.4, -0.2) is 46.8 Å². The zero-order valence-electron chi connectivity index (χ0n) is 21.7. The first-order chi connectivity index (χ1) is 15.5. The van der Waals surface area contributed by atoms with Crippen molar-refractivity contribution in [3.8, 4) is 0 Å². The van der Waals surface area contributed by atoms with Gasteiger partial charge in [0.05, 0.1) is 0 Å². The van der Waals surface area contributed by atoms with Gasteiger partial charge in [-0.2, -0.15) is 0 Å². The Morgan fingerprint density at radius 2 is 1.42 bits per heavy atom. The van der Waals surface area contributed by atoms with E-state index >= 15 is 0 Å². The summed E-state index contributed by atoms with van der Waals surface area (Å²) in [5, 5.41) is 8.58. The second-order valence-electron chi connectivity index (χ2n) is 12.4. The second kappa shape index (κ2) is 9.85. The van der Waals surface area contributed by atoms with Gasteiger partial charge in [-0.3, -0.25) is 0 Å². The lowest BCUT2D eigenvalue weighted by atomic mass is 9.78. The molecule has 1 aromatic rings. The summed E-state index contributed by atoms with van der Waals surface area (Å²) in [5.41, 5.74) is 4.45. The number of allylic oxidation sites excluding steroid dienone is 3. The van der Waals surface area contributed by atoms with Crippen LogP contribution in [0.5, 0.6) is 0 Å². The molecule has 4 unspecified atom stereocenters. The van der Waals surface area contributed by atoms with Gasteiger partial charge >= 0.3 is 0 Å². The lowest BCUT2D eigenvalue weighted by molar-refractivity contribution is 0.373. The van der Waals surface area contributed by atoms with Crippen LogP contribution < -0.4 is 10.6 Å². The van der Waals surface area contributed by atoms with Crippen molar-refractivity contribution in [3.63, 3.8) is 0 Å². The molecule has 2 saturated heterocycles. The highest BCUT2D eigenvalue weighted by Crippen LogP contribution is 2.62. The van der Waals surface area contributed by atoms with Crippen molar-refractivity contribution in [1.82, 2.24) is 10.6 Å². The summed E-state index contributed by atoms with van der Waals surface area (Å²) in [5.74, 6) is 0.507. The summed E-state index contributed by atoms with van der Waals surface area (Å²) >= 11 is 0. The van der Waals surface area contributed by atoms with Crippen LogP contribution in [0.4, 0.5) is 0 Å². The molecule has 2 fully saturated rings. The molecule has 2 nitrogen and oxygen atoms in total. The van der Waals surface area contributed by atoms with Gasteiger partial charge in [0.25, 0.3) is 0 Å². The van der Waals surface area contributed by atoms with Crippen molar-refractivity contribution in [2.45, 2.75) is 94.8 Å². The lowest BCUT2D eigenvalue weighted by Gasteiger charge is -2.47. The van der Waals surface area contributed by atoms with Crippen LogP contribution in [-0.2, 0) is 0 Å². The standard InChI is InChI=1S/C29H46N2P2/c1-27(2,3)33(28(4,5)6)20-23-18-22(21-12-8-7-9-13-21)19-24(23)29(32,25-14-10-16-30-25)26-15-11-17-31-26/h7-9,12-13,18-19,23,25-26,30-31H,10-11,14-17,20,32H2,1-6H3. The molecule has 4 rings (SSSR count). The number of nitrogens with one attached hydrogen (secondary N) is 2. The van der Waals surface area contributed by atoms with E-state index in [0.717, 1.165) is 13.1 Å². The van der Waals surface area contributed by atoms with E-state index in [1.807, 2.05) is 0 Å². The van der Waals surface area contributed by atoms with E-state index in [1.165, 1.54) is 43.0 Å². The normalized spacial score (nSPS) is 28.2. The van der Waals surface area contributed by atoms with E-state index in [0.29, 0.717) is 28.3 Å². The van der Waals surface area contributed by atoms with Gasteiger partial charge in [-0.1, -0.05) is 91.9 Å². The van der Waals surface area contributed by atoms with E-state index in [2.05, 4.69) is 104 Å². The zero-order valence-corrected chi connectivity index (χ0v) is 23.8. The van der Waals surface area contributed by atoms with Crippen LogP contribution in [0.3, 0.4) is 0 Å². The summed E-state index contributed by atoms with van der Waals surface area (Å²) in [6, 6.07) is 12.1. The van der Waals surface area contributed by atoms with Crippen LogP contribution in [0.25, 0.3) is 5.57 Å². The van der Waals surface area contributed by atoms with Gasteiger partial charge in [-0.15, -0.1) is 9.24 Å². The number of benzene rings is 1. The van der Waals surface area contributed by atoms with Crippen LogP contribution >= 0.6 is 17.2 Å². The fourth-order valence-electron chi connectivity index (χ4n) is 6.62. The topological polar surface area (TPSA) is 24.1 Å². The molecule has 4 heteroatoms. The van der Waals surface area contributed by atoms with Gasteiger partial charge in [0, 0.05) is 23.2 Å². The molecule has 3 aliphatic rings. The summed E-state index contributed by atoms with van der Waals surface area (Å²) in [6.45, 7) is 17.1. The number of rotatable bonds is 6. The van der Waals surface area contributed by atoms with Crippen molar-refractivity contribution < 1.29 is 0 Å². The molecule has 1 aromatic carbocycles. The fraction of sp³-hybridized carbons (Fsp3) is 0.655. The quantitative estimate of drug-likeness (QED) is 0.433. The molecule has 2 N–H and O–H groups in total. The molecule has 1 aliphatic carbocycles. The van der Waals surface area contributed by atoms with Crippen LogP contribution in [0.2, 0.25) is 0 Å². The Labute approximate surface area is 206 Å². The van der Waals surface area contributed by atoms with E-state index in [1.54, 1.807) is 5.57 Å². The van der Waals surface area contributed by atoms with Gasteiger partial charge in [0.1, 0.15) is 0 Å². The van der Waals surface area contributed by atoms with Crippen molar-refractivity contribution in [2.24, 2.45) is 5.92 Å². The molecule has 182 valence electrons. The van der Waals surface area contributed by atoms with Crippen molar-refractivity contribution in [3.05, 3.63) is 53.6 Å². The molecule has 0 radical (unpaired) electrons. The summed E-state index contributed by atoms with van der Waals surface area (Å²) in [4.78, 5) is 0. The largest absolute Gasteiger partial charge is 0.313 e. The molecule has 2 aliphatic heterocycles. The molecule has 33 heavy (non-hydrogen) atoms. The molecule has 0 saturated carbocycles. The average Bonchev–Trinajstić information content (AvgIpc) is 3.52. The molecular weight excluding hydrogens is 438 g/mol. The number of hydrogen-bond donors (Lipinski definition) is 2. The third-order valence-electron chi connectivity index (χ3n) is 7.97. The first kappa shape index (κ1) is 25.6. The first-order valence-corrected chi connectivity index (χ1v) is 15.1. The zero-order chi connectivity index (χ0) is 23.9. The van der Waals surface area contributed by atoms with Crippen LogP contribution in [0, 0.1) is 5.92 Å². The predicted molar refractivity (Wildman–Crippen MR) is 152 cm³/mol. The maximum Gasteiger partial charge on any atom is 0.0370 e. The summed E-state index contributed by atoms with van der Waals surface area (Å²) in [7, 11) is 3.26. The molecule has 0 aromatic heterocycles. The highest BCUT2D eigenvalue weighted by atomic mass is 31.1. The van der Waals surface area contributed by atoms with E-state index in [9.17, 15) is 0 Å². The molecule has 2 heterocycles. The van der Waals surface area contributed by atoms with E-state index in [4.69, 9.17) is 0 Å². The third-order valence-corrected chi connectivity index (χ3v) is 13.1. The maximum absolute atomic E-state index is 3.92. The minimum absolute atomic E-state index is 0.0709. The summed E-state index contributed by atoms with van der Waals surface area (Å²) in [6.07, 6.45) is 11.6. The molecule has 0 spiro atoms. The van der Waals surface area contributed by atoms with Gasteiger partial charge < -0.3 is 10.6 Å². The van der Waals surface area contributed by atoms with E-state index < -0.39 is 0 Å².